The van der Waals surface area contributed by atoms with E-state index in [1.165, 1.54) is 0 Å². The Hall–Kier alpha value is -0.110. The van der Waals surface area contributed by atoms with Gasteiger partial charge in [0.15, 0.2) is 0 Å². The molecule has 0 rings (SSSR count). The first kappa shape index (κ1) is 5.89. The van der Waals surface area contributed by atoms with Gasteiger partial charge in [-0.1, -0.05) is 19.1 Å². The fourth-order valence-electron chi connectivity index (χ4n) is 0.227. The molecule has 0 aliphatic heterocycles. The molecule has 2 heteroatoms. The van der Waals surface area contributed by atoms with Crippen LogP contribution >= 0.6 is 12.2 Å². The number of nitrogens with one attached hydrogen (secondary N) is 1. The predicted octanol–water partition coefficient (Wildman–Crippen LogP) is 1.40. The summed E-state index contributed by atoms with van der Waals surface area (Å²) in [5, 5.41) is 0. The second-order valence-electron chi connectivity index (χ2n) is 1.17. The Bertz CT molecular complexity index is 51.5. The molecule has 0 aromatic rings. The molecule has 0 saturated carbocycles. The van der Waals surface area contributed by atoms with Gasteiger partial charge in [0.25, 0.3) is 0 Å². The third-order valence-electron chi connectivity index (χ3n) is 0.477. The molecule has 0 spiro atoms. The fraction of sp³-hybridized carbons (Fsp3) is 0.750. The first-order valence-corrected chi connectivity index (χ1v) is 2.42. The van der Waals surface area contributed by atoms with E-state index in [-0.39, 0.29) is 0 Å². The van der Waals surface area contributed by atoms with Gasteiger partial charge in [0.05, 0.1) is 4.99 Å². The smallest absolute Gasteiger partial charge is 0.0939 e. The zero-order valence-electron chi connectivity index (χ0n) is 3.82. The average Bonchev–Trinajstić information content (AvgIpc) is 1.35. The summed E-state index contributed by atoms with van der Waals surface area (Å²) in [6, 6.07) is 0. The van der Waals surface area contributed by atoms with Crippen LogP contribution in [0.5, 0.6) is 0 Å². The Morgan fingerprint density at radius 2 is 2.33 bits per heavy atom. The normalized spacial score (nSPS) is 8.17. The topological polar surface area (TPSA) is 23.8 Å². The summed E-state index contributed by atoms with van der Waals surface area (Å²) in [6.07, 6.45) is 1.78. The molecule has 1 N–H and O–H groups in total. The molecule has 0 aliphatic carbocycles. The Labute approximate surface area is 43.5 Å². The van der Waals surface area contributed by atoms with Crippen LogP contribution in [0.2, 0.25) is 0 Å². The number of hydrogen-bond donors (Lipinski definition) is 0. The van der Waals surface area contributed by atoms with Crippen LogP contribution in [0.3, 0.4) is 0 Å². The van der Waals surface area contributed by atoms with Crippen molar-refractivity contribution in [3.05, 3.63) is 0 Å². The van der Waals surface area contributed by atoms with Gasteiger partial charge in [0.2, 0.25) is 0 Å². The monoisotopic (exact) mass is 102 g/mol. The second kappa shape index (κ2) is 3.09. The van der Waals surface area contributed by atoms with Crippen molar-refractivity contribution < 1.29 is 0 Å². The summed E-state index contributed by atoms with van der Waals surface area (Å²) in [7, 11) is 0. The molecule has 0 heterocycles. The minimum Gasteiger partial charge on any atom is -0.294 e. The minimum absolute atomic E-state index is 0.373. The maximum Gasteiger partial charge on any atom is 0.0939 e. The van der Waals surface area contributed by atoms with Gasteiger partial charge in [-0.15, -0.1) is 0 Å². The standard InChI is InChI=1S/C4H8NS/c1-2-3-4(5)6/h5H,2-3H2,1H3. The van der Waals surface area contributed by atoms with Crippen LogP contribution in [0.1, 0.15) is 19.8 Å². The fourth-order valence-corrected chi connectivity index (χ4v) is 0.431. The predicted molar refractivity (Wildman–Crippen MR) is 30.6 cm³/mol. The maximum atomic E-state index is 6.71. The lowest BCUT2D eigenvalue weighted by atomic mass is 10.3. The van der Waals surface area contributed by atoms with E-state index >= 15 is 0 Å². The molecule has 0 aliphatic rings. The van der Waals surface area contributed by atoms with E-state index in [0.29, 0.717) is 4.99 Å². The van der Waals surface area contributed by atoms with E-state index in [1.54, 1.807) is 0 Å². The Morgan fingerprint density at radius 3 is 2.33 bits per heavy atom. The van der Waals surface area contributed by atoms with E-state index < -0.39 is 0 Å². The van der Waals surface area contributed by atoms with E-state index in [4.69, 9.17) is 5.73 Å². The molecule has 0 fully saturated rings. The first-order chi connectivity index (χ1) is 2.77. The highest BCUT2D eigenvalue weighted by Gasteiger charge is 1.80. The molecule has 35 valence electrons. The molecular weight excluding hydrogens is 94.1 g/mol. The van der Waals surface area contributed by atoms with Gasteiger partial charge in [-0.3, -0.25) is 5.73 Å². The summed E-state index contributed by atoms with van der Waals surface area (Å²) < 4.78 is 0. The van der Waals surface area contributed by atoms with Gasteiger partial charge in [-0.25, -0.2) is 0 Å². The van der Waals surface area contributed by atoms with Gasteiger partial charge < -0.3 is 0 Å². The van der Waals surface area contributed by atoms with Crippen LogP contribution in [0.4, 0.5) is 0 Å². The Kier molecular flexibility index (Phi) is 3.04. The lowest BCUT2D eigenvalue weighted by Gasteiger charge is -1.83. The molecule has 0 aromatic carbocycles. The highest BCUT2D eigenvalue weighted by Crippen LogP contribution is 1.84. The molecular formula is C4H8NS. The molecule has 6 heavy (non-hydrogen) atoms. The van der Waals surface area contributed by atoms with Gasteiger partial charge in [-0.05, 0) is 12.8 Å². The molecule has 0 amide bonds. The van der Waals surface area contributed by atoms with Crippen LogP contribution in [0.25, 0.3) is 0 Å². The summed E-state index contributed by atoms with van der Waals surface area (Å²) in [6.45, 7) is 2.01. The number of rotatable bonds is 2. The van der Waals surface area contributed by atoms with Gasteiger partial charge in [0, 0.05) is 0 Å². The van der Waals surface area contributed by atoms with Gasteiger partial charge >= 0.3 is 0 Å². The number of thiocarbonyl (C=S) groups is 1. The zero-order valence-corrected chi connectivity index (χ0v) is 4.64. The van der Waals surface area contributed by atoms with E-state index in [2.05, 4.69) is 12.2 Å². The first-order valence-electron chi connectivity index (χ1n) is 2.01. The summed E-state index contributed by atoms with van der Waals surface area (Å²) >= 11 is 4.46. The third-order valence-corrected chi connectivity index (χ3v) is 0.681. The highest BCUT2D eigenvalue weighted by atomic mass is 32.1. The van der Waals surface area contributed by atoms with Crippen LogP contribution in [-0.4, -0.2) is 4.99 Å². The Morgan fingerprint density at radius 1 is 1.83 bits per heavy atom. The van der Waals surface area contributed by atoms with Crippen molar-refractivity contribution in [2.75, 3.05) is 0 Å². The number of hydrogen-bond acceptors (Lipinski definition) is 1. The van der Waals surface area contributed by atoms with E-state index in [9.17, 15) is 0 Å². The molecule has 0 bridgehead atoms. The van der Waals surface area contributed by atoms with Gasteiger partial charge in [-0.2, -0.15) is 0 Å². The summed E-state index contributed by atoms with van der Waals surface area (Å²) in [5.41, 5.74) is 6.71. The maximum absolute atomic E-state index is 6.71. The molecule has 1 radical (unpaired) electrons. The SMILES string of the molecule is CCCC([NH])=S. The summed E-state index contributed by atoms with van der Waals surface area (Å²) in [5.74, 6) is 0. The van der Waals surface area contributed by atoms with Crippen LogP contribution < -0.4 is 5.73 Å². The van der Waals surface area contributed by atoms with E-state index in [0.717, 1.165) is 12.8 Å². The molecule has 0 aromatic heterocycles. The van der Waals surface area contributed by atoms with Crippen molar-refractivity contribution in [2.45, 2.75) is 19.8 Å². The average molecular weight is 102 g/mol. The minimum atomic E-state index is 0.373. The largest absolute Gasteiger partial charge is 0.294 e. The molecule has 1 nitrogen and oxygen atoms in total. The molecule has 0 atom stereocenters. The van der Waals surface area contributed by atoms with E-state index in [1.807, 2.05) is 6.92 Å². The van der Waals surface area contributed by atoms with Crippen molar-refractivity contribution in [1.29, 1.82) is 0 Å². The van der Waals surface area contributed by atoms with Crippen molar-refractivity contribution in [3.8, 4) is 0 Å². The van der Waals surface area contributed by atoms with Crippen molar-refractivity contribution in [1.82, 2.24) is 5.73 Å². The van der Waals surface area contributed by atoms with Gasteiger partial charge in [0.1, 0.15) is 0 Å². The highest BCUT2D eigenvalue weighted by molar-refractivity contribution is 7.80. The second-order valence-corrected chi connectivity index (χ2v) is 1.67. The molecule has 0 saturated heterocycles. The van der Waals surface area contributed by atoms with Crippen molar-refractivity contribution in [2.24, 2.45) is 0 Å². The van der Waals surface area contributed by atoms with Crippen molar-refractivity contribution in [3.63, 3.8) is 0 Å². The third kappa shape index (κ3) is 3.89. The Balaban J connectivity index is 2.83. The summed E-state index contributed by atoms with van der Waals surface area (Å²) in [4.78, 5) is 0.373. The lowest BCUT2D eigenvalue weighted by Crippen LogP contribution is -1.90. The van der Waals surface area contributed by atoms with Crippen LogP contribution in [0.15, 0.2) is 0 Å². The lowest BCUT2D eigenvalue weighted by molar-refractivity contribution is 0.995. The van der Waals surface area contributed by atoms with Crippen LogP contribution in [0, 0.1) is 0 Å². The van der Waals surface area contributed by atoms with Crippen molar-refractivity contribution >= 4 is 17.2 Å². The van der Waals surface area contributed by atoms with Crippen LogP contribution in [-0.2, 0) is 0 Å². The molecule has 0 unspecified atom stereocenters. The zero-order chi connectivity index (χ0) is 4.99. The quantitative estimate of drug-likeness (QED) is 0.483.